The third kappa shape index (κ3) is 6.88. The van der Waals surface area contributed by atoms with E-state index < -0.39 is 23.2 Å². The van der Waals surface area contributed by atoms with E-state index >= 15 is 0 Å². The molecule has 1 aliphatic carbocycles. The molecular weight excluding hydrogens is 547 g/mol. The van der Waals surface area contributed by atoms with Gasteiger partial charge in [0.25, 0.3) is 0 Å². The van der Waals surface area contributed by atoms with Gasteiger partial charge in [0.2, 0.25) is 0 Å². The molecule has 2 heterocycles. The number of likely N-dealkylation sites (tertiary alicyclic amines) is 1. The molecule has 1 aliphatic heterocycles. The molecule has 1 saturated carbocycles. The number of hydrogen-bond donors (Lipinski definition) is 0. The molecule has 2 fully saturated rings. The summed E-state index contributed by atoms with van der Waals surface area (Å²) in [6, 6.07) is 0. The first-order valence-corrected chi connectivity index (χ1v) is 13.4. The molecule has 1 aromatic heterocycles. The number of carbonyl (C=O) groups excluding carboxylic acids is 2. The quantitative estimate of drug-likeness (QED) is 0.295. The SMILES string of the molecule is CC(C)(C)CC1CC(c2onc([C@H]3CN(C(=O)OC(C)(C)C)C[C@@H]3C(=O)OC(C)(C)C)c2I)C1. The summed E-state index contributed by atoms with van der Waals surface area (Å²) >= 11 is 2.30. The molecule has 0 aromatic carbocycles. The first-order chi connectivity index (χ1) is 15.4. The topological polar surface area (TPSA) is 81.9 Å². The molecule has 0 N–H and O–H groups in total. The summed E-state index contributed by atoms with van der Waals surface area (Å²) < 4.78 is 18.1. The van der Waals surface area contributed by atoms with Crippen LogP contribution in [-0.2, 0) is 14.3 Å². The number of hydrogen-bond acceptors (Lipinski definition) is 6. The summed E-state index contributed by atoms with van der Waals surface area (Å²) in [5.41, 5.74) is -0.154. The molecule has 0 bridgehead atoms. The Bertz CT molecular complexity index is 900. The van der Waals surface area contributed by atoms with E-state index in [-0.39, 0.29) is 18.4 Å². The first-order valence-electron chi connectivity index (χ1n) is 12.3. The highest BCUT2D eigenvalue weighted by Gasteiger charge is 2.47. The summed E-state index contributed by atoms with van der Waals surface area (Å²) in [5, 5.41) is 4.43. The largest absolute Gasteiger partial charge is 0.460 e. The lowest BCUT2D eigenvalue weighted by molar-refractivity contribution is -0.159. The first kappa shape index (κ1) is 27.3. The predicted octanol–water partition coefficient (Wildman–Crippen LogP) is 6.50. The number of amides is 1. The molecule has 0 radical (unpaired) electrons. The number of esters is 1. The van der Waals surface area contributed by atoms with Gasteiger partial charge in [-0.15, -0.1) is 0 Å². The van der Waals surface area contributed by atoms with Crippen LogP contribution in [0.15, 0.2) is 4.52 Å². The van der Waals surface area contributed by atoms with E-state index in [1.54, 1.807) is 4.90 Å². The van der Waals surface area contributed by atoms with Crippen molar-refractivity contribution in [2.75, 3.05) is 13.1 Å². The van der Waals surface area contributed by atoms with E-state index in [9.17, 15) is 9.59 Å². The molecule has 0 unspecified atom stereocenters. The second kappa shape index (κ2) is 9.62. The molecule has 1 saturated heterocycles. The van der Waals surface area contributed by atoms with Crippen molar-refractivity contribution in [3.63, 3.8) is 0 Å². The van der Waals surface area contributed by atoms with E-state index in [2.05, 4.69) is 48.5 Å². The number of aromatic nitrogens is 1. The van der Waals surface area contributed by atoms with Gasteiger partial charge in [-0.2, -0.15) is 0 Å². The highest BCUT2D eigenvalue weighted by molar-refractivity contribution is 14.1. The van der Waals surface area contributed by atoms with Gasteiger partial charge in [0.1, 0.15) is 16.9 Å². The second-order valence-corrected chi connectivity index (χ2v) is 14.3. The molecule has 8 heteroatoms. The fraction of sp³-hybridized carbons (Fsp3) is 0.808. The van der Waals surface area contributed by atoms with Gasteiger partial charge in [-0.3, -0.25) is 4.79 Å². The van der Waals surface area contributed by atoms with Gasteiger partial charge in [0.05, 0.1) is 9.49 Å². The van der Waals surface area contributed by atoms with Crippen molar-refractivity contribution in [2.45, 2.75) is 105 Å². The molecule has 2 aliphatic rings. The summed E-state index contributed by atoms with van der Waals surface area (Å²) in [4.78, 5) is 27.5. The van der Waals surface area contributed by atoms with Crippen LogP contribution in [-0.4, -0.2) is 46.4 Å². The third-order valence-electron chi connectivity index (χ3n) is 6.22. The Hall–Kier alpha value is -1.32. The van der Waals surface area contributed by atoms with Crippen LogP contribution in [0.4, 0.5) is 4.79 Å². The maximum atomic E-state index is 13.1. The zero-order valence-corrected chi connectivity index (χ0v) is 24.3. The Morgan fingerprint density at radius 3 is 2.12 bits per heavy atom. The van der Waals surface area contributed by atoms with Crippen LogP contribution < -0.4 is 0 Å². The van der Waals surface area contributed by atoms with Gasteiger partial charge in [0.15, 0.2) is 5.76 Å². The van der Waals surface area contributed by atoms with Gasteiger partial charge in [0, 0.05) is 24.9 Å². The minimum atomic E-state index is -0.614. The van der Waals surface area contributed by atoms with Crippen LogP contribution in [0.1, 0.15) is 105 Å². The Morgan fingerprint density at radius 2 is 1.59 bits per heavy atom. The van der Waals surface area contributed by atoms with Gasteiger partial charge in [-0.25, -0.2) is 4.79 Å². The molecule has 1 aromatic rings. The fourth-order valence-electron chi connectivity index (χ4n) is 4.94. The van der Waals surface area contributed by atoms with Gasteiger partial charge in [-0.1, -0.05) is 25.9 Å². The van der Waals surface area contributed by atoms with Gasteiger partial charge >= 0.3 is 12.1 Å². The smallest absolute Gasteiger partial charge is 0.410 e. The van der Waals surface area contributed by atoms with Crippen LogP contribution in [0.5, 0.6) is 0 Å². The third-order valence-corrected chi connectivity index (χ3v) is 7.31. The van der Waals surface area contributed by atoms with Crippen LogP contribution in [0.2, 0.25) is 0 Å². The predicted molar refractivity (Wildman–Crippen MR) is 139 cm³/mol. The summed E-state index contributed by atoms with van der Waals surface area (Å²) in [7, 11) is 0. The molecular formula is C26H41IN2O5. The summed E-state index contributed by atoms with van der Waals surface area (Å²) in [6.07, 6.45) is 2.99. The lowest BCUT2D eigenvalue weighted by Gasteiger charge is -2.37. The molecule has 192 valence electrons. The van der Waals surface area contributed by atoms with E-state index in [4.69, 9.17) is 14.0 Å². The number of nitrogens with zero attached hydrogens (tertiary/aromatic N) is 2. The standard InChI is InChI=1S/C26H41IN2O5/c1-24(2,3)12-15-10-16(11-15)21-19(27)20(28-34-21)17-13-29(23(31)33-26(7,8)9)14-18(17)22(30)32-25(4,5)6/h15-18H,10-14H2,1-9H3/t15?,16?,17-,18-/m0/s1. The van der Waals surface area contributed by atoms with Crippen molar-refractivity contribution in [3.05, 3.63) is 15.0 Å². The zero-order chi connectivity index (χ0) is 25.6. The number of halogens is 1. The Morgan fingerprint density at radius 1 is 1.00 bits per heavy atom. The Kier molecular flexibility index (Phi) is 7.71. The molecule has 34 heavy (non-hydrogen) atoms. The van der Waals surface area contributed by atoms with Crippen LogP contribution >= 0.6 is 22.6 Å². The molecule has 1 amide bonds. The van der Waals surface area contributed by atoms with Gasteiger partial charge < -0.3 is 18.9 Å². The van der Waals surface area contributed by atoms with E-state index in [0.717, 1.165) is 27.9 Å². The van der Waals surface area contributed by atoms with Crippen LogP contribution in [0.3, 0.4) is 0 Å². The van der Waals surface area contributed by atoms with Crippen LogP contribution in [0.25, 0.3) is 0 Å². The molecule has 3 rings (SSSR count). The van der Waals surface area contributed by atoms with E-state index in [1.807, 2.05) is 41.5 Å². The lowest BCUT2D eigenvalue weighted by Crippen LogP contribution is -2.36. The Balaban J connectivity index is 1.79. The maximum absolute atomic E-state index is 13.1. The summed E-state index contributed by atoms with van der Waals surface area (Å²) in [6.45, 7) is 18.5. The highest BCUT2D eigenvalue weighted by Crippen LogP contribution is 2.49. The number of carbonyl (C=O) groups is 2. The lowest BCUT2D eigenvalue weighted by atomic mass is 9.67. The van der Waals surface area contributed by atoms with Crippen molar-refractivity contribution in [3.8, 4) is 0 Å². The van der Waals surface area contributed by atoms with Gasteiger partial charge in [-0.05, 0) is 94.7 Å². The molecule has 7 nitrogen and oxygen atoms in total. The van der Waals surface area contributed by atoms with Crippen molar-refractivity contribution < 1.29 is 23.6 Å². The minimum Gasteiger partial charge on any atom is -0.460 e. The minimum absolute atomic E-state index is 0.240. The van der Waals surface area contributed by atoms with Crippen molar-refractivity contribution in [2.24, 2.45) is 17.3 Å². The van der Waals surface area contributed by atoms with Crippen molar-refractivity contribution >= 4 is 34.7 Å². The van der Waals surface area contributed by atoms with E-state index in [0.29, 0.717) is 23.8 Å². The zero-order valence-electron chi connectivity index (χ0n) is 22.2. The maximum Gasteiger partial charge on any atom is 0.410 e. The normalized spacial score (nSPS) is 25.8. The highest BCUT2D eigenvalue weighted by atomic mass is 127. The average Bonchev–Trinajstić information content (AvgIpc) is 3.18. The monoisotopic (exact) mass is 588 g/mol. The number of rotatable bonds is 4. The number of ether oxygens (including phenoxy) is 2. The van der Waals surface area contributed by atoms with Crippen molar-refractivity contribution in [1.29, 1.82) is 0 Å². The molecule has 0 spiro atoms. The van der Waals surface area contributed by atoms with Crippen LogP contribution in [0, 0.1) is 20.8 Å². The fourth-order valence-corrected chi connectivity index (χ4v) is 5.98. The summed E-state index contributed by atoms with van der Waals surface area (Å²) in [5.74, 6) is 0.851. The second-order valence-electron chi connectivity index (χ2n) is 13.2. The van der Waals surface area contributed by atoms with Crippen molar-refractivity contribution in [1.82, 2.24) is 10.1 Å². The van der Waals surface area contributed by atoms with E-state index in [1.165, 1.54) is 6.42 Å². The molecule has 2 atom stereocenters. The Labute approximate surface area is 217 Å². The average molecular weight is 589 g/mol.